The lowest BCUT2D eigenvalue weighted by molar-refractivity contribution is -0.154. The van der Waals surface area contributed by atoms with Crippen molar-refractivity contribution in [2.24, 2.45) is 11.8 Å². The first-order valence-electron chi connectivity index (χ1n) is 16.5. The lowest BCUT2D eigenvalue weighted by Gasteiger charge is -2.28. The summed E-state index contributed by atoms with van der Waals surface area (Å²) in [6, 6.07) is 13.6. The van der Waals surface area contributed by atoms with Crippen molar-refractivity contribution in [2.75, 3.05) is 64.4 Å². The molecule has 16 heteroatoms. The molecular formula is C34H35ClF3N7O5. The maximum absolute atomic E-state index is 13.4. The maximum Gasteiger partial charge on any atom is 0.422 e. The Morgan fingerprint density at radius 2 is 1.48 bits per heavy atom. The molecule has 2 aromatic carbocycles. The van der Waals surface area contributed by atoms with Crippen LogP contribution in [-0.2, 0) is 26.2 Å². The fourth-order valence-corrected chi connectivity index (χ4v) is 7.06. The van der Waals surface area contributed by atoms with Crippen LogP contribution in [0.25, 0.3) is 0 Å². The molecule has 264 valence electrons. The third-order valence-electron chi connectivity index (χ3n) is 9.76. The molecule has 12 nitrogen and oxygen atoms in total. The zero-order chi connectivity index (χ0) is 35.0. The number of alkyl halides is 3. The molecule has 3 saturated heterocycles. The van der Waals surface area contributed by atoms with Crippen LogP contribution in [0.4, 0.5) is 24.8 Å². The minimum absolute atomic E-state index is 0.0109. The highest BCUT2D eigenvalue weighted by atomic mass is 35.5. The van der Waals surface area contributed by atoms with E-state index in [0.717, 1.165) is 18.4 Å². The van der Waals surface area contributed by atoms with Gasteiger partial charge in [0.25, 0.3) is 5.91 Å². The molecule has 2 atom stereocenters. The van der Waals surface area contributed by atoms with Crippen molar-refractivity contribution in [1.29, 1.82) is 0 Å². The van der Waals surface area contributed by atoms with Gasteiger partial charge in [-0.25, -0.2) is 0 Å². The summed E-state index contributed by atoms with van der Waals surface area (Å²) >= 11 is 6.06. The van der Waals surface area contributed by atoms with Crippen molar-refractivity contribution in [2.45, 2.75) is 30.9 Å². The number of carbonyl (C=O) groups excluding carboxylic acids is 3. The van der Waals surface area contributed by atoms with Crippen LogP contribution in [0.1, 0.15) is 34.6 Å². The van der Waals surface area contributed by atoms with Gasteiger partial charge in [-0.1, -0.05) is 23.7 Å². The van der Waals surface area contributed by atoms with Crippen molar-refractivity contribution in [1.82, 2.24) is 29.7 Å². The number of anilines is 2. The SMILES string of the molecule is O=C(C(=O)N1CC2CN(C(=O)c3ccc(Nc4nc(CC5(c6ccc(Cl)cc6)CC5)nc(OCC(F)(F)F)n4)cc3)CC2C1)N1CCOCC1. The summed E-state index contributed by atoms with van der Waals surface area (Å²) in [4.78, 5) is 56.6. The highest BCUT2D eigenvalue weighted by molar-refractivity contribution is 6.35. The maximum atomic E-state index is 13.4. The molecule has 3 amide bonds. The number of nitrogens with zero attached hydrogens (tertiary/aromatic N) is 6. The Balaban J connectivity index is 0.984. The Kier molecular flexibility index (Phi) is 9.28. The molecule has 0 bridgehead atoms. The number of hydrogen-bond donors (Lipinski definition) is 1. The predicted molar refractivity (Wildman–Crippen MR) is 174 cm³/mol. The van der Waals surface area contributed by atoms with Gasteiger partial charge < -0.3 is 29.5 Å². The van der Waals surface area contributed by atoms with Gasteiger partial charge >= 0.3 is 24.0 Å². The number of morpholine rings is 1. The number of fused-ring (bicyclic) bond motifs is 1. The van der Waals surface area contributed by atoms with Crippen molar-refractivity contribution in [3.63, 3.8) is 0 Å². The van der Waals surface area contributed by atoms with Crippen LogP contribution in [0.3, 0.4) is 0 Å². The van der Waals surface area contributed by atoms with Gasteiger partial charge in [0.2, 0.25) is 5.95 Å². The van der Waals surface area contributed by atoms with Crippen molar-refractivity contribution in [3.05, 3.63) is 70.5 Å². The zero-order valence-corrected chi connectivity index (χ0v) is 27.8. The average molecular weight is 714 g/mol. The highest BCUT2D eigenvalue weighted by Crippen LogP contribution is 2.50. The van der Waals surface area contributed by atoms with Crippen molar-refractivity contribution >= 4 is 41.0 Å². The topological polar surface area (TPSA) is 130 Å². The number of amides is 3. The summed E-state index contributed by atoms with van der Waals surface area (Å²) < 4.78 is 49.1. The fraction of sp³-hybridized carbons (Fsp3) is 0.471. The van der Waals surface area contributed by atoms with Gasteiger partial charge in [-0.15, -0.1) is 0 Å². The number of rotatable bonds is 8. The fourth-order valence-electron chi connectivity index (χ4n) is 6.94. The van der Waals surface area contributed by atoms with Gasteiger partial charge in [0.05, 0.1) is 13.2 Å². The van der Waals surface area contributed by atoms with Gasteiger partial charge in [0.15, 0.2) is 6.61 Å². The quantitative estimate of drug-likeness (QED) is 0.346. The van der Waals surface area contributed by atoms with Crippen LogP contribution < -0.4 is 10.1 Å². The second-order valence-electron chi connectivity index (χ2n) is 13.3. The summed E-state index contributed by atoms with van der Waals surface area (Å²) in [5.74, 6) is -0.695. The minimum Gasteiger partial charge on any atom is -0.454 e. The van der Waals surface area contributed by atoms with Crippen LogP contribution in [0.2, 0.25) is 5.02 Å². The van der Waals surface area contributed by atoms with E-state index in [1.165, 1.54) is 4.90 Å². The van der Waals surface area contributed by atoms with Gasteiger partial charge in [0, 0.05) is 79.2 Å². The van der Waals surface area contributed by atoms with Gasteiger partial charge in [-0.05, 0) is 54.8 Å². The van der Waals surface area contributed by atoms with E-state index in [0.29, 0.717) is 75.2 Å². The molecule has 1 aliphatic carbocycles. The molecule has 4 fully saturated rings. The van der Waals surface area contributed by atoms with Crippen molar-refractivity contribution in [3.8, 4) is 6.01 Å². The molecule has 4 aliphatic rings. The van der Waals surface area contributed by atoms with E-state index >= 15 is 0 Å². The van der Waals surface area contributed by atoms with E-state index < -0.39 is 30.6 Å². The Bertz CT molecular complexity index is 1740. The minimum atomic E-state index is -4.57. The summed E-state index contributed by atoms with van der Waals surface area (Å²) in [7, 11) is 0. The van der Waals surface area contributed by atoms with E-state index in [1.54, 1.807) is 46.2 Å². The van der Waals surface area contributed by atoms with E-state index in [2.05, 4.69) is 20.3 Å². The molecule has 3 aliphatic heterocycles. The molecule has 50 heavy (non-hydrogen) atoms. The van der Waals surface area contributed by atoms with Crippen molar-refractivity contribution < 1.29 is 37.0 Å². The molecule has 0 radical (unpaired) electrons. The highest BCUT2D eigenvalue weighted by Gasteiger charge is 2.46. The van der Waals surface area contributed by atoms with E-state index in [1.807, 2.05) is 12.1 Å². The number of benzene rings is 2. The Morgan fingerprint density at radius 3 is 2.10 bits per heavy atom. The van der Waals surface area contributed by atoms with E-state index in [4.69, 9.17) is 21.1 Å². The summed E-state index contributed by atoms with van der Waals surface area (Å²) in [6.45, 7) is 1.91. The zero-order valence-electron chi connectivity index (χ0n) is 27.0. The third-order valence-corrected chi connectivity index (χ3v) is 10.0. The van der Waals surface area contributed by atoms with Crippen LogP contribution in [0, 0.1) is 11.8 Å². The van der Waals surface area contributed by atoms with Crippen LogP contribution in [0.15, 0.2) is 48.5 Å². The summed E-state index contributed by atoms with van der Waals surface area (Å²) in [5, 5.41) is 3.62. The van der Waals surface area contributed by atoms with Gasteiger partial charge in [-0.2, -0.15) is 28.1 Å². The summed E-state index contributed by atoms with van der Waals surface area (Å²) in [5.41, 5.74) is 1.75. The predicted octanol–water partition coefficient (Wildman–Crippen LogP) is 3.87. The van der Waals surface area contributed by atoms with E-state index in [-0.39, 0.29) is 34.9 Å². The monoisotopic (exact) mass is 713 g/mol. The molecule has 0 spiro atoms. The number of nitrogens with one attached hydrogen (secondary N) is 1. The average Bonchev–Trinajstić information content (AvgIpc) is 3.60. The molecule has 4 heterocycles. The number of aromatic nitrogens is 3. The number of carbonyl (C=O) groups is 3. The van der Waals surface area contributed by atoms with Crippen LogP contribution in [0.5, 0.6) is 6.01 Å². The second kappa shape index (κ2) is 13.7. The molecule has 1 saturated carbocycles. The largest absolute Gasteiger partial charge is 0.454 e. The number of ether oxygens (including phenoxy) is 2. The molecule has 2 unspecified atom stereocenters. The molecule has 1 aromatic heterocycles. The Hall–Kier alpha value is -4.50. The van der Waals surface area contributed by atoms with Crippen LogP contribution >= 0.6 is 11.6 Å². The molecular weight excluding hydrogens is 679 g/mol. The smallest absolute Gasteiger partial charge is 0.422 e. The second-order valence-corrected chi connectivity index (χ2v) is 13.7. The number of hydrogen-bond acceptors (Lipinski definition) is 9. The normalized spacial score (nSPS) is 21.2. The number of likely N-dealkylation sites (tertiary alicyclic amines) is 2. The first-order chi connectivity index (χ1) is 23.9. The third kappa shape index (κ3) is 7.63. The summed E-state index contributed by atoms with van der Waals surface area (Å²) in [6.07, 6.45) is -2.48. The van der Waals surface area contributed by atoms with Crippen LogP contribution in [-0.4, -0.2) is 113 Å². The lowest BCUT2D eigenvalue weighted by atomic mass is 9.92. The molecule has 1 N–H and O–H groups in total. The molecule has 3 aromatic rings. The standard InChI is InChI=1S/C34H35ClF3N7O5/c35-25-5-3-24(4-6-25)33(9-10-33)15-27-40-31(42-32(41-27)50-20-34(36,37)38)39-26-7-1-21(2-8-26)28(46)44-16-22-18-45(19-23(22)17-44)30(48)29(47)43-11-13-49-14-12-43/h1-8,22-23H,9-20H2,(H,39,40,41,42). The number of halogens is 4. The molecule has 7 rings (SSSR count). The Morgan fingerprint density at radius 1 is 0.860 bits per heavy atom. The first-order valence-corrected chi connectivity index (χ1v) is 16.9. The van der Waals surface area contributed by atoms with Gasteiger partial charge in [-0.3, -0.25) is 14.4 Å². The first kappa shape index (κ1) is 34.0. The Labute approximate surface area is 290 Å². The van der Waals surface area contributed by atoms with Gasteiger partial charge in [0.1, 0.15) is 5.82 Å². The lowest BCUT2D eigenvalue weighted by Crippen LogP contribution is -2.49. The van der Waals surface area contributed by atoms with E-state index in [9.17, 15) is 27.6 Å².